The van der Waals surface area contributed by atoms with Crippen LogP contribution in [0.4, 0.5) is 21.7 Å². The average Bonchev–Trinajstić information content (AvgIpc) is 3.56. The third-order valence-electron chi connectivity index (χ3n) is 7.01. The number of benzene rings is 2. The topological polar surface area (TPSA) is 144 Å². The lowest BCUT2D eigenvalue weighted by Crippen LogP contribution is -2.47. The standard InChI is InChI=1S/C26H29FN6O6S/c1-36-21-8-17-20(9-19(21)28-24-10-18(29-30-24)15-4-5-15)39-31-26(17)32-40(34,35)25-22(37-2)6-14(7-23(25)38-3)11-33-12-16(27)13-33/h6-10,15-16H,4-5,11-13H2,1-3H3,(H,31,32)(H2,28,29,30). The highest BCUT2D eigenvalue weighted by atomic mass is 32.2. The van der Waals surface area contributed by atoms with E-state index in [1.807, 2.05) is 11.0 Å². The zero-order chi connectivity index (χ0) is 28.0. The van der Waals surface area contributed by atoms with Crippen LogP contribution >= 0.6 is 0 Å². The average molecular weight is 573 g/mol. The van der Waals surface area contributed by atoms with Gasteiger partial charge >= 0.3 is 0 Å². The van der Waals surface area contributed by atoms with Crippen LogP contribution in [0.5, 0.6) is 17.2 Å². The van der Waals surface area contributed by atoms with Crippen molar-refractivity contribution in [2.75, 3.05) is 44.5 Å². The van der Waals surface area contributed by atoms with Crippen LogP contribution in [-0.4, -0.2) is 69.3 Å². The van der Waals surface area contributed by atoms with Crippen molar-refractivity contribution in [3.63, 3.8) is 0 Å². The molecule has 14 heteroatoms. The Labute approximate surface area is 229 Å². The lowest BCUT2D eigenvalue weighted by atomic mass is 10.1. The summed E-state index contributed by atoms with van der Waals surface area (Å²) in [6.45, 7) is 1.09. The van der Waals surface area contributed by atoms with Gasteiger partial charge in [0.2, 0.25) is 0 Å². The Morgan fingerprint density at radius 2 is 1.75 bits per heavy atom. The van der Waals surface area contributed by atoms with Crippen LogP contribution in [0, 0.1) is 0 Å². The molecule has 1 saturated heterocycles. The summed E-state index contributed by atoms with van der Waals surface area (Å²) >= 11 is 0. The van der Waals surface area contributed by atoms with Crippen LogP contribution in [0.3, 0.4) is 0 Å². The van der Waals surface area contributed by atoms with Gasteiger partial charge in [-0.25, -0.2) is 12.8 Å². The molecule has 1 saturated carbocycles. The third-order valence-corrected chi connectivity index (χ3v) is 8.41. The largest absolute Gasteiger partial charge is 0.495 e. The number of hydrogen-bond acceptors (Lipinski definition) is 10. The monoisotopic (exact) mass is 572 g/mol. The van der Waals surface area contributed by atoms with Crippen molar-refractivity contribution in [1.29, 1.82) is 0 Å². The molecule has 0 bridgehead atoms. The van der Waals surface area contributed by atoms with Gasteiger partial charge in [0.25, 0.3) is 10.0 Å². The highest BCUT2D eigenvalue weighted by molar-refractivity contribution is 7.93. The van der Waals surface area contributed by atoms with E-state index >= 15 is 0 Å². The fourth-order valence-electron chi connectivity index (χ4n) is 4.81. The fourth-order valence-corrected chi connectivity index (χ4v) is 6.13. The molecular formula is C26H29FN6O6S. The molecule has 3 heterocycles. The number of likely N-dealkylation sites (tertiary alicyclic amines) is 1. The van der Waals surface area contributed by atoms with Crippen LogP contribution in [0.1, 0.15) is 30.0 Å². The first-order valence-corrected chi connectivity index (χ1v) is 14.2. The van der Waals surface area contributed by atoms with E-state index in [1.54, 1.807) is 24.3 Å². The predicted octanol–water partition coefficient (Wildman–Crippen LogP) is 4.15. The summed E-state index contributed by atoms with van der Waals surface area (Å²) in [6.07, 6.45) is 1.45. The fraction of sp³-hybridized carbons (Fsp3) is 0.385. The molecule has 12 nitrogen and oxygen atoms in total. The number of halogens is 1. The van der Waals surface area contributed by atoms with E-state index in [4.69, 9.17) is 18.7 Å². The molecule has 2 aromatic heterocycles. The minimum Gasteiger partial charge on any atom is -0.495 e. The number of rotatable bonds is 11. The molecule has 40 heavy (non-hydrogen) atoms. The van der Waals surface area contributed by atoms with Crippen molar-refractivity contribution in [3.8, 4) is 17.2 Å². The Morgan fingerprint density at radius 3 is 2.38 bits per heavy atom. The lowest BCUT2D eigenvalue weighted by molar-refractivity contribution is 0.0590. The third kappa shape index (κ3) is 4.99. The molecule has 1 aliphatic carbocycles. The number of alkyl halides is 1. The Hall–Kier alpha value is -4.04. The van der Waals surface area contributed by atoms with Gasteiger partial charge in [0.15, 0.2) is 22.1 Å². The maximum Gasteiger partial charge on any atom is 0.270 e. The van der Waals surface area contributed by atoms with Crippen LogP contribution in [-0.2, 0) is 16.6 Å². The zero-order valence-corrected chi connectivity index (χ0v) is 23.0. The summed E-state index contributed by atoms with van der Waals surface area (Å²) in [5, 5.41) is 14.9. The van der Waals surface area contributed by atoms with Gasteiger partial charge in [0.05, 0.1) is 32.4 Å². The lowest BCUT2D eigenvalue weighted by Gasteiger charge is -2.34. The quantitative estimate of drug-likeness (QED) is 0.240. The first kappa shape index (κ1) is 26.2. The van der Waals surface area contributed by atoms with Crippen LogP contribution in [0.2, 0.25) is 0 Å². The van der Waals surface area contributed by atoms with Gasteiger partial charge < -0.3 is 24.1 Å². The summed E-state index contributed by atoms with van der Waals surface area (Å²) in [6, 6.07) is 8.46. The highest BCUT2D eigenvalue weighted by Crippen LogP contribution is 2.41. The van der Waals surface area contributed by atoms with Crippen molar-refractivity contribution < 1.29 is 31.5 Å². The van der Waals surface area contributed by atoms with Gasteiger partial charge in [-0.05, 0) is 36.6 Å². The number of sulfonamides is 1. The minimum absolute atomic E-state index is 0.0293. The van der Waals surface area contributed by atoms with E-state index in [9.17, 15) is 12.8 Å². The van der Waals surface area contributed by atoms with E-state index in [1.165, 1.54) is 21.3 Å². The number of ether oxygens (including phenoxy) is 3. The molecule has 0 radical (unpaired) electrons. The first-order chi connectivity index (χ1) is 19.3. The number of aromatic amines is 1. The number of aromatic nitrogens is 3. The molecular weight excluding hydrogens is 543 g/mol. The number of H-pyrrole nitrogens is 1. The number of nitrogens with one attached hydrogen (secondary N) is 3. The molecule has 6 rings (SSSR count). The molecule has 0 unspecified atom stereocenters. The van der Waals surface area contributed by atoms with Crippen LogP contribution in [0.15, 0.2) is 39.8 Å². The van der Waals surface area contributed by atoms with Gasteiger partial charge in [-0.1, -0.05) is 5.16 Å². The van der Waals surface area contributed by atoms with Gasteiger partial charge in [0, 0.05) is 43.4 Å². The van der Waals surface area contributed by atoms with Crippen molar-refractivity contribution >= 4 is 38.3 Å². The summed E-state index contributed by atoms with van der Waals surface area (Å²) in [4.78, 5) is 1.71. The number of nitrogens with zero attached hydrogens (tertiary/aromatic N) is 3. The Kier molecular flexibility index (Phi) is 6.66. The molecule has 4 aromatic rings. The first-order valence-electron chi connectivity index (χ1n) is 12.7. The highest BCUT2D eigenvalue weighted by Gasteiger charge is 2.31. The minimum atomic E-state index is -4.25. The van der Waals surface area contributed by atoms with Crippen molar-refractivity contribution in [1.82, 2.24) is 20.3 Å². The van der Waals surface area contributed by atoms with E-state index in [0.717, 1.165) is 24.1 Å². The van der Waals surface area contributed by atoms with Crippen LogP contribution in [0.25, 0.3) is 11.0 Å². The number of fused-ring (bicyclic) bond motifs is 1. The van der Waals surface area contributed by atoms with E-state index < -0.39 is 16.2 Å². The second kappa shape index (κ2) is 10.2. The number of hydrogen-bond donors (Lipinski definition) is 3. The normalized spacial score (nSPS) is 16.1. The van der Waals surface area contributed by atoms with E-state index in [2.05, 4.69) is 25.4 Å². The molecule has 212 valence electrons. The van der Waals surface area contributed by atoms with Crippen LogP contribution < -0.4 is 24.2 Å². The molecule has 0 spiro atoms. The number of anilines is 3. The molecule has 2 aromatic carbocycles. The Morgan fingerprint density at radius 1 is 1.05 bits per heavy atom. The summed E-state index contributed by atoms with van der Waals surface area (Å²) < 4.78 is 64.8. The summed E-state index contributed by atoms with van der Waals surface area (Å²) in [5.41, 5.74) is 2.72. The molecule has 2 aliphatic rings. The van der Waals surface area contributed by atoms with Crippen molar-refractivity contribution in [2.45, 2.75) is 36.4 Å². The SMILES string of the molecule is COc1cc2c(NS(=O)(=O)c3c(OC)cc(CN4CC(F)C4)cc3OC)noc2cc1Nc1cc(C2CC2)[nH]n1. The summed E-state index contributed by atoms with van der Waals surface area (Å²) in [5.74, 6) is 1.73. The predicted molar refractivity (Wildman–Crippen MR) is 145 cm³/mol. The number of methoxy groups -OCH3 is 3. The maximum absolute atomic E-state index is 13.6. The molecule has 1 aliphatic heterocycles. The summed E-state index contributed by atoms with van der Waals surface area (Å²) in [7, 11) is 0.00212. The van der Waals surface area contributed by atoms with Gasteiger partial charge in [-0.15, -0.1) is 0 Å². The van der Waals surface area contributed by atoms with Crippen molar-refractivity contribution in [3.05, 3.63) is 41.6 Å². The molecule has 0 amide bonds. The van der Waals surface area contributed by atoms with E-state index in [-0.39, 0.29) is 22.2 Å². The molecule has 3 N–H and O–H groups in total. The Bertz CT molecular complexity index is 1640. The van der Waals surface area contributed by atoms with Gasteiger partial charge in [-0.2, -0.15) is 5.10 Å². The van der Waals surface area contributed by atoms with Gasteiger partial charge in [0.1, 0.15) is 23.4 Å². The van der Waals surface area contributed by atoms with E-state index in [0.29, 0.717) is 53.8 Å². The zero-order valence-electron chi connectivity index (χ0n) is 22.2. The second-order valence-electron chi connectivity index (χ2n) is 9.91. The molecule has 2 fully saturated rings. The maximum atomic E-state index is 13.6. The second-order valence-corrected chi connectivity index (χ2v) is 11.5. The van der Waals surface area contributed by atoms with Crippen molar-refractivity contribution in [2.24, 2.45) is 0 Å². The molecule has 0 atom stereocenters. The van der Waals surface area contributed by atoms with Gasteiger partial charge in [-0.3, -0.25) is 14.7 Å². The smallest absolute Gasteiger partial charge is 0.270 e. The Balaban J connectivity index is 1.29.